The fourth-order valence-corrected chi connectivity index (χ4v) is 5.31. The van der Waals surface area contributed by atoms with Gasteiger partial charge in [0.15, 0.2) is 0 Å². The summed E-state index contributed by atoms with van der Waals surface area (Å²) in [5.74, 6) is 2.75. The van der Waals surface area contributed by atoms with E-state index in [0.29, 0.717) is 12.0 Å². The summed E-state index contributed by atoms with van der Waals surface area (Å²) in [7, 11) is 0. The van der Waals surface area contributed by atoms with Crippen molar-refractivity contribution in [3.8, 4) is 0 Å². The molecule has 0 saturated heterocycles. The van der Waals surface area contributed by atoms with Crippen LogP contribution in [0.5, 0.6) is 0 Å². The fraction of sp³-hybridized carbons (Fsp3) is 0.778. The van der Waals surface area contributed by atoms with Crippen molar-refractivity contribution >= 4 is 11.3 Å². The lowest BCUT2D eigenvalue weighted by Crippen LogP contribution is -2.41. The highest BCUT2D eigenvalue weighted by atomic mass is 32.1. The van der Waals surface area contributed by atoms with E-state index in [1.165, 1.54) is 49.8 Å². The Kier molecular flexibility index (Phi) is 4.83. The van der Waals surface area contributed by atoms with Crippen LogP contribution in [-0.2, 0) is 0 Å². The van der Waals surface area contributed by atoms with Gasteiger partial charge in [-0.05, 0) is 48.5 Å². The molecule has 2 aliphatic carbocycles. The third-order valence-electron chi connectivity index (χ3n) is 5.47. The monoisotopic (exact) mass is 291 g/mol. The van der Waals surface area contributed by atoms with Crippen molar-refractivity contribution in [2.75, 3.05) is 0 Å². The molecule has 0 aromatic carbocycles. The molecule has 2 aliphatic rings. The molecule has 0 radical (unpaired) electrons. The van der Waals surface area contributed by atoms with Gasteiger partial charge >= 0.3 is 0 Å². The van der Waals surface area contributed by atoms with Crippen molar-refractivity contribution in [3.63, 3.8) is 0 Å². The standard InChI is InChI=1S/C18H29NS/c1-13(2)18(17-8-5-11-20-17)19-16-10-9-14-6-3-4-7-15(14)12-16/h5,8,11,13-16,18-19H,3-4,6-7,9-10,12H2,1-2H3. The van der Waals surface area contributed by atoms with E-state index in [4.69, 9.17) is 0 Å². The van der Waals surface area contributed by atoms with E-state index in [9.17, 15) is 0 Å². The highest BCUT2D eigenvalue weighted by Crippen LogP contribution is 2.41. The summed E-state index contributed by atoms with van der Waals surface area (Å²) >= 11 is 1.91. The predicted molar refractivity (Wildman–Crippen MR) is 88.1 cm³/mol. The molecule has 1 N–H and O–H groups in total. The molecule has 2 fully saturated rings. The van der Waals surface area contributed by atoms with E-state index < -0.39 is 0 Å². The van der Waals surface area contributed by atoms with Gasteiger partial charge in [0.1, 0.15) is 0 Å². The zero-order valence-electron chi connectivity index (χ0n) is 13.0. The number of hydrogen-bond donors (Lipinski definition) is 1. The Morgan fingerprint density at radius 3 is 2.60 bits per heavy atom. The average molecular weight is 292 g/mol. The van der Waals surface area contributed by atoms with Gasteiger partial charge in [-0.2, -0.15) is 0 Å². The van der Waals surface area contributed by atoms with E-state index in [-0.39, 0.29) is 0 Å². The highest BCUT2D eigenvalue weighted by molar-refractivity contribution is 7.10. The fourth-order valence-electron chi connectivity index (χ4n) is 4.35. The Morgan fingerprint density at radius 1 is 1.10 bits per heavy atom. The third-order valence-corrected chi connectivity index (χ3v) is 6.43. The summed E-state index contributed by atoms with van der Waals surface area (Å²) in [6, 6.07) is 5.80. The molecule has 2 heteroatoms. The Balaban J connectivity index is 1.61. The first kappa shape index (κ1) is 14.6. The molecule has 4 unspecified atom stereocenters. The zero-order chi connectivity index (χ0) is 13.9. The van der Waals surface area contributed by atoms with Crippen LogP contribution in [0.3, 0.4) is 0 Å². The van der Waals surface area contributed by atoms with Gasteiger partial charge in [-0.1, -0.05) is 45.6 Å². The number of rotatable bonds is 4. The van der Waals surface area contributed by atoms with Gasteiger partial charge in [0.05, 0.1) is 0 Å². The minimum absolute atomic E-state index is 0.556. The first-order valence-corrected chi connectivity index (χ1v) is 9.41. The number of fused-ring (bicyclic) bond motifs is 1. The summed E-state index contributed by atoms with van der Waals surface area (Å²) < 4.78 is 0. The molecule has 3 rings (SSSR count). The number of hydrogen-bond acceptors (Lipinski definition) is 2. The largest absolute Gasteiger partial charge is 0.306 e. The maximum atomic E-state index is 4.00. The van der Waals surface area contributed by atoms with Crippen LogP contribution in [0.2, 0.25) is 0 Å². The van der Waals surface area contributed by atoms with Crippen molar-refractivity contribution in [3.05, 3.63) is 22.4 Å². The zero-order valence-corrected chi connectivity index (χ0v) is 13.8. The van der Waals surface area contributed by atoms with Gasteiger partial charge in [0, 0.05) is 17.0 Å². The second kappa shape index (κ2) is 6.62. The summed E-state index contributed by atoms with van der Waals surface area (Å²) in [6.07, 6.45) is 10.3. The first-order chi connectivity index (χ1) is 9.74. The molecular weight excluding hydrogens is 262 g/mol. The summed E-state index contributed by atoms with van der Waals surface area (Å²) in [6.45, 7) is 4.70. The topological polar surface area (TPSA) is 12.0 Å². The molecule has 1 heterocycles. The second-order valence-corrected chi connectivity index (χ2v) is 8.20. The lowest BCUT2D eigenvalue weighted by molar-refractivity contribution is 0.134. The van der Waals surface area contributed by atoms with Gasteiger partial charge in [-0.15, -0.1) is 11.3 Å². The van der Waals surface area contributed by atoms with Crippen LogP contribution in [0, 0.1) is 17.8 Å². The molecule has 0 aliphatic heterocycles. The molecular formula is C18H29NS. The van der Waals surface area contributed by atoms with E-state index in [1.807, 2.05) is 11.3 Å². The van der Waals surface area contributed by atoms with Gasteiger partial charge in [0.2, 0.25) is 0 Å². The molecule has 0 amide bonds. The number of nitrogens with one attached hydrogen (secondary N) is 1. The van der Waals surface area contributed by atoms with E-state index in [0.717, 1.165) is 17.9 Å². The smallest absolute Gasteiger partial charge is 0.0440 e. The Hall–Kier alpha value is -0.340. The van der Waals surface area contributed by atoms with Crippen LogP contribution in [0.1, 0.15) is 69.7 Å². The van der Waals surface area contributed by atoms with Crippen LogP contribution >= 0.6 is 11.3 Å². The lowest BCUT2D eigenvalue weighted by Gasteiger charge is -2.41. The predicted octanol–water partition coefficient (Wildman–Crippen LogP) is 5.39. The SMILES string of the molecule is CC(C)C(NC1CCC2CCCCC2C1)c1cccs1. The van der Waals surface area contributed by atoms with Crippen molar-refractivity contribution in [2.45, 2.75) is 70.9 Å². The van der Waals surface area contributed by atoms with Crippen molar-refractivity contribution < 1.29 is 0 Å². The maximum Gasteiger partial charge on any atom is 0.0440 e. The molecule has 0 bridgehead atoms. The second-order valence-electron chi connectivity index (χ2n) is 7.22. The average Bonchev–Trinajstić information content (AvgIpc) is 2.98. The van der Waals surface area contributed by atoms with Crippen molar-refractivity contribution in [1.82, 2.24) is 5.32 Å². The molecule has 112 valence electrons. The van der Waals surface area contributed by atoms with E-state index in [1.54, 1.807) is 0 Å². The molecule has 4 atom stereocenters. The van der Waals surface area contributed by atoms with Gasteiger partial charge in [-0.3, -0.25) is 0 Å². The van der Waals surface area contributed by atoms with Gasteiger partial charge in [0.25, 0.3) is 0 Å². The van der Waals surface area contributed by atoms with Gasteiger partial charge < -0.3 is 5.32 Å². The molecule has 1 nitrogen and oxygen atoms in total. The summed E-state index contributed by atoms with van der Waals surface area (Å²) in [5, 5.41) is 6.21. The van der Waals surface area contributed by atoms with Crippen molar-refractivity contribution in [2.24, 2.45) is 17.8 Å². The van der Waals surface area contributed by atoms with Crippen LogP contribution in [0.25, 0.3) is 0 Å². The minimum Gasteiger partial charge on any atom is -0.306 e. The lowest BCUT2D eigenvalue weighted by atomic mass is 9.69. The van der Waals surface area contributed by atoms with E-state index in [2.05, 4.69) is 36.7 Å². The van der Waals surface area contributed by atoms with Crippen molar-refractivity contribution in [1.29, 1.82) is 0 Å². The maximum absolute atomic E-state index is 4.00. The van der Waals surface area contributed by atoms with Crippen LogP contribution < -0.4 is 5.32 Å². The minimum atomic E-state index is 0.556. The van der Waals surface area contributed by atoms with E-state index >= 15 is 0 Å². The Morgan fingerprint density at radius 2 is 1.90 bits per heavy atom. The molecule has 1 aromatic rings. The summed E-state index contributed by atoms with van der Waals surface area (Å²) in [4.78, 5) is 1.52. The highest BCUT2D eigenvalue weighted by Gasteiger charge is 2.33. The van der Waals surface area contributed by atoms with Gasteiger partial charge in [-0.25, -0.2) is 0 Å². The van der Waals surface area contributed by atoms with Crippen LogP contribution in [-0.4, -0.2) is 6.04 Å². The molecule has 2 saturated carbocycles. The molecule has 20 heavy (non-hydrogen) atoms. The van der Waals surface area contributed by atoms with Crippen LogP contribution in [0.4, 0.5) is 0 Å². The molecule has 0 spiro atoms. The molecule has 1 aromatic heterocycles. The van der Waals surface area contributed by atoms with Crippen LogP contribution in [0.15, 0.2) is 17.5 Å². The Labute approximate surface area is 128 Å². The Bertz CT molecular complexity index is 398. The quantitative estimate of drug-likeness (QED) is 0.784. The first-order valence-electron chi connectivity index (χ1n) is 8.53. The normalized spacial score (nSPS) is 32.0. The third kappa shape index (κ3) is 3.28. The number of thiophene rings is 1. The summed E-state index contributed by atoms with van der Waals surface area (Å²) in [5.41, 5.74) is 0.